The van der Waals surface area contributed by atoms with E-state index in [0.717, 1.165) is 29.9 Å². The molecule has 0 fully saturated rings. The Labute approximate surface area is 146 Å². The number of hydrogen-bond acceptors (Lipinski definition) is 4. The Balaban J connectivity index is 1.60. The van der Waals surface area contributed by atoms with E-state index >= 15 is 0 Å². The zero-order chi connectivity index (χ0) is 16.9. The van der Waals surface area contributed by atoms with Crippen molar-refractivity contribution in [1.82, 2.24) is 4.98 Å². The van der Waals surface area contributed by atoms with Crippen molar-refractivity contribution in [2.45, 2.75) is 45.1 Å². The molecule has 1 heterocycles. The lowest BCUT2D eigenvalue weighted by Crippen LogP contribution is -2.16. The standard InChI is InChI=1S/C19H22N2O2S/c1-13(2)17-12-20-19(24-17)21-18(22)14-8-10-16(11-9-14)23-15-6-4-3-5-7-15/h4,6,8-13,15H,3,5,7H2,1-2H3,(H,20,21,22). The third-order valence-corrected chi connectivity index (χ3v) is 5.14. The molecule has 1 unspecified atom stereocenters. The average molecular weight is 342 g/mol. The van der Waals surface area contributed by atoms with E-state index in [-0.39, 0.29) is 12.0 Å². The van der Waals surface area contributed by atoms with E-state index in [1.807, 2.05) is 18.3 Å². The highest BCUT2D eigenvalue weighted by atomic mass is 32.1. The van der Waals surface area contributed by atoms with Crippen molar-refractivity contribution < 1.29 is 9.53 Å². The molecule has 4 nitrogen and oxygen atoms in total. The molecule has 24 heavy (non-hydrogen) atoms. The number of nitrogens with zero attached hydrogens (tertiary/aromatic N) is 1. The fraction of sp³-hybridized carbons (Fsp3) is 0.368. The van der Waals surface area contributed by atoms with E-state index in [0.29, 0.717) is 16.6 Å². The van der Waals surface area contributed by atoms with Gasteiger partial charge in [0.1, 0.15) is 11.9 Å². The van der Waals surface area contributed by atoms with Gasteiger partial charge in [0.05, 0.1) is 0 Å². The minimum atomic E-state index is -0.149. The second-order valence-electron chi connectivity index (χ2n) is 6.22. The van der Waals surface area contributed by atoms with Gasteiger partial charge in [-0.1, -0.05) is 19.9 Å². The van der Waals surface area contributed by atoms with Crippen LogP contribution in [0, 0.1) is 0 Å². The first-order valence-corrected chi connectivity index (χ1v) is 9.14. The predicted molar refractivity (Wildman–Crippen MR) is 98.0 cm³/mol. The summed E-state index contributed by atoms with van der Waals surface area (Å²) in [5.41, 5.74) is 0.600. The Morgan fingerprint density at radius 1 is 1.33 bits per heavy atom. The van der Waals surface area contributed by atoms with Gasteiger partial charge in [-0.3, -0.25) is 10.1 Å². The first-order chi connectivity index (χ1) is 11.6. The second kappa shape index (κ2) is 7.62. The number of hydrogen-bond donors (Lipinski definition) is 1. The SMILES string of the molecule is CC(C)c1cnc(NC(=O)c2ccc(OC3C=CCCC3)cc2)s1. The van der Waals surface area contributed by atoms with Gasteiger partial charge in [0, 0.05) is 16.6 Å². The summed E-state index contributed by atoms with van der Waals surface area (Å²) in [7, 11) is 0. The quantitative estimate of drug-likeness (QED) is 0.777. The lowest BCUT2D eigenvalue weighted by Gasteiger charge is -2.18. The van der Waals surface area contributed by atoms with Crippen LogP contribution in [-0.4, -0.2) is 17.0 Å². The molecule has 1 N–H and O–H groups in total. The van der Waals surface area contributed by atoms with Crippen LogP contribution in [0.3, 0.4) is 0 Å². The smallest absolute Gasteiger partial charge is 0.257 e. The molecular formula is C19H22N2O2S. The number of nitrogens with one attached hydrogen (secondary N) is 1. The van der Waals surface area contributed by atoms with Crippen LogP contribution in [-0.2, 0) is 0 Å². The van der Waals surface area contributed by atoms with Crippen LogP contribution in [0.15, 0.2) is 42.6 Å². The molecule has 0 saturated carbocycles. The maximum absolute atomic E-state index is 12.3. The number of carbonyl (C=O) groups is 1. The van der Waals surface area contributed by atoms with Crippen LogP contribution >= 0.6 is 11.3 Å². The van der Waals surface area contributed by atoms with Crippen LogP contribution in [0.1, 0.15) is 54.3 Å². The molecule has 1 amide bonds. The van der Waals surface area contributed by atoms with Crippen LogP contribution in [0.2, 0.25) is 0 Å². The number of allylic oxidation sites excluding steroid dienone is 1. The molecule has 1 aromatic carbocycles. The third kappa shape index (κ3) is 4.23. The minimum absolute atomic E-state index is 0.142. The topological polar surface area (TPSA) is 51.2 Å². The third-order valence-electron chi connectivity index (χ3n) is 3.93. The van der Waals surface area contributed by atoms with Crippen LogP contribution < -0.4 is 10.1 Å². The first-order valence-electron chi connectivity index (χ1n) is 8.32. The molecule has 0 radical (unpaired) electrons. The number of carbonyl (C=O) groups excluding carboxylic acids is 1. The molecule has 5 heteroatoms. The number of thiazole rings is 1. The lowest BCUT2D eigenvalue weighted by molar-refractivity contribution is 0.102. The fourth-order valence-corrected chi connectivity index (χ4v) is 3.33. The summed E-state index contributed by atoms with van der Waals surface area (Å²) in [6.45, 7) is 4.22. The number of aromatic nitrogens is 1. The summed E-state index contributed by atoms with van der Waals surface area (Å²) in [4.78, 5) is 17.7. The summed E-state index contributed by atoms with van der Waals surface area (Å²) in [5, 5.41) is 3.49. The zero-order valence-corrected chi connectivity index (χ0v) is 14.8. The molecule has 1 atom stereocenters. The van der Waals surface area contributed by atoms with Crippen LogP contribution in [0.4, 0.5) is 5.13 Å². The largest absolute Gasteiger partial charge is 0.486 e. The Morgan fingerprint density at radius 3 is 2.75 bits per heavy atom. The molecule has 2 aromatic rings. The van der Waals surface area contributed by atoms with Crippen molar-refractivity contribution in [3.05, 3.63) is 53.1 Å². The molecule has 0 spiro atoms. The number of rotatable bonds is 5. The maximum Gasteiger partial charge on any atom is 0.257 e. The second-order valence-corrected chi connectivity index (χ2v) is 7.28. The number of amides is 1. The number of anilines is 1. The van der Waals surface area contributed by atoms with Gasteiger partial charge in [-0.25, -0.2) is 4.98 Å². The van der Waals surface area contributed by atoms with Gasteiger partial charge in [-0.05, 0) is 55.5 Å². The molecule has 0 saturated heterocycles. The van der Waals surface area contributed by atoms with Gasteiger partial charge in [-0.2, -0.15) is 0 Å². The molecule has 0 bridgehead atoms. The zero-order valence-electron chi connectivity index (χ0n) is 14.0. The Kier molecular flexibility index (Phi) is 5.30. The Hall–Kier alpha value is -2.14. The highest BCUT2D eigenvalue weighted by Gasteiger charge is 2.12. The van der Waals surface area contributed by atoms with E-state index in [1.54, 1.807) is 12.1 Å². The molecule has 1 aliphatic carbocycles. The van der Waals surface area contributed by atoms with Gasteiger partial charge in [-0.15, -0.1) is 11.3 Å². The van der Waals surface area contributed by atoms with E-state index < -0.39 is 0 Å². The van der Waals surface area contributed by atoms with Crippen molar-refractivity contribution in [2.75, 3.05) is 5.32 Å². The van der Waals surface area contributed by atoms with Crippen molar-refractivity contribution >= 4 is 22.4 Å². The van der Waals surface area contributed by atoms with Crippen molar-refractivity contribution in [3.8, 4) is 5.75 Å². The number of benzene rings is 1. The summed E-state index contributed by atoms with van der Waals surface area (Å²) in [6.07, 6.45) is 9.57. The highest BCUT2D eigenvalue weighted by molar-refractivity contribution is 7.15. The monoisotopic (exact) mass is 342 g/mol. The van der Waals surface area contributed by atoms with Gasteiger partial charge in [0.15, 0.2) is 5.13 Å². The van der Waals surface area contributed by atoms with Crippen molar-refractivity contribution in [2.24, 2.45) is 0 Å². The Morgan fingerprint density at radius 2 is 2.12 bits per heavy atom. The lowest BCUT2D eigenvalue weighted by atomic mass is 10.1. The minimum Gasteiger partial charge on any atom is -0.486 e. The number of ether oxygens (including phenoxy) is 1. The summed E-state index contributed by atoms with van der Waals surface area (Å²) in [5.74, 6) is 1.06. The fourth-order valence-electron chi connectivity index (χ4n) is 2.52. The average Bonchev–Trinajstić information content (AvgIpc) is 3.05. The summed E-state index contributed by atoms with van der Waals surface area (Å²) >= 11 is 1.52. The highest BCUT2D eigenvalue weighted by Crippen LogP contribution is 2.26. The van der Waals surface area contributed by atoms with E-state index in [9.17, 15) is 4.79 Å². The summed E-state index contributed by atoms with van der Waals surface area (Å²) in [6, 6.07) is 7.26. The van der Waals surface area contributed by atoms with Gasteiger partial charge < -0.3 is 4.74 Å². The van der Waals surface area contributed by atoms with Crippen molar-refractivity contribution in [3.63, 3.8) is 0 Å². The van der Waals surface area contributed by atoms with Crippen LogP contribution in [0.25, 0.3) is 0 Å². The molecule has 3 rings (SSSR count). The maximum atomic E-state index is 12.3. The molecule has 0 aliphatic heterocycles. The van der Waals surface area contributed by atoms with E-state index in [4.69, 9.17) is 4.74 Å². The van der Waals surface area contributed by atoms with E-state index in [2.05, 4.69) is 36.3 Å². The van der Waals surface area contributed by atoms with Gasteiger partial charge in [0.25, 0.3) is 5.91 Å². The van der Waals surface area contributed by atoms with Gasteiger partial charge >= 0.3 is 0 Å². The normalized spacial score (nSPS) is 17.0. The summed E-state index contributed by atoms with van der Waals surface area (Å²) < 4.78 is 5.91. The first kappa shape index (κ1) is 16.7. The Bertz CT molecular complexity index is 719. The van der Waals surface area contributed by atoms with Gasteiger partial charge in [0.2, 0.25) is 0 Å². The van der Waals surface area contributed by atoms with E-state index in [1.165, 1.54) is 11.3 Å². The molecule has 1 aromatic heterocycles. The molecular weight excluding hydrogens is 320 g/mol. The predicted octanol–water partition coefficient (Wildman–Crippen LogP) is 5.01. The molecule has 1 aliphatic rings. The van der Waals surface area contributed by atoms with Crippen molar-refractivity contribution in [1.29, 1.82) is 0 Å². The molecule has 126 valence electrons. The van der Waals surface area contributed by atoms with Crippen LogP contribution in [0.5, 0.6) is 5.75 Å².